The van der Waals surface area contributed by atoms with Crippen LogP contribution in [0.5, 0.6) is 0 Å². The minimum absolute atomic E-state index is 0.0610. The zero-order valence-corrected chi connectivity index (χ0v) is 10.5. The summed E-state index contributed by atoms with van der Waals surface area (Å²) in [6.07, 6.45) is -5.18. The highest BCUT2D eigenvalue weighted by Gasteiger charge is 2.29. The average Bonchev–Trinajstić information content (AvgIpc) is 2.10. The van der Waals surface area contributed by atoms with Crippen LogP contribution < -0.4 is 0 Å². The maximum absolute atomic E-state index is 11.9. The van der Waals surface area contributed by atoms with Crippen molar-refractivity contribution in [1.29, 1.82) is 0 Å². The summed E-state index contributed by atoms with van der Waals surface area (Å²) >= 11 is 3.16. The molecule has 6 heteroatoms. The fourth-order valence-corrected chi connectivity index (χ4v) is 1.25. The molecular weight excluding hydrogens is 275 g/mol. The van der Waals surface area contributed by atoms with Crippen LogP contribution >= 0.6 is 15.9 Å². The summed E-state index contributed by atoms with van der Waals surface area (Å²) in [5, 5.41) is 0. The summed E-state index contributed by atoms with van der Waals surface area (Å²) < 4.78 is 35.7. The lowest BCUT2D eigenvalue weighted by Crippen LogP contribution is -2.37. The largest absolute Gasteiger partial charge is 0.390 e. The zero-order chi connectivity index (χ0) is 12.2. The van der Waals surface area contributed by atoms with Crippen molar-refractivity contribution in [3.8, 4) is 0 Å². The van der Waals surface area contributed by atoms with Gasteiger partial charge in [-0.15, -0.1) is 0 Å². The second-order valence-corrected chi connectivity index (χ2v) is 4.76. The quantitative estimate of drug-likeness (QED) is 0.729. The first-order valence-corrected chi connectivity index (χ1v) is 5.52. The van der Waals surface area contributed by atoms with Gasteiger partial charge in [0.15, 0.2) is 0 Å². The lowest BCUT2D eigenvalue weighted by atomic mass is 10.1. The molecule has 90 valence electrons. The van der Waals surface area contributed by atoms with Crippen LogP contribution in [0.3, 0.4) is 0 Å². The van der Waals surface area contributed by atoms with Gasteiger partial charge in [-0.25, -0.2) is 0 Å². The average molecular weight is 290 g/mol. The van der Waals surface area contributed by atoms with Gasteiger partial charge in [-0.3, -0.25) is 4.79 Å². The van der Waals surface area contributed by atoms with E-state index >= 15 is 0 Å². The van der Waals surface area contributed by atoms with Crippen molar-refractivity contribution in [3.05, 3.63) is 0 Å². The molecule has 0 rings (SSSR count). The van der Waals surface area contributed by atoms with Gasteiger partial charge in [0.1, 0.15) is 0 Å². The van der Waals surface area contributed by atoms with Gasteiger partial charge in [0.2, 0.25) is 5.91 Å². The molecule has 0 radical (unpaired) electrons. The van der Waals surface area contributed by atoms with Crippen LogP contribution in [0, 0.1) is 5.92 Å². The van der Waals surface area contributed by atoms with Crippen LogP contribution in [0.2, 0.25) is 0 Å². The van der Waals surface area contributed by atoms with Crippen molar-refractivity contribution in [3.63, 3.8) is 0 Å². The molecular formula is C9H15BrF3NO. The molecule has 0 aliphatic rings. The number of alkyl halides is 4. The highest BCUT2D eigenvalue weighted by molar-refractivity contribution is 9.10. The summed E-state index contributed by atoms with van der Waals surface area (Å²) in [7, 11) is 1.38. The third kappa shape index (κ3) is 6.02. The van der Waals surface area contributed by atoms with E-state index in [1.165, 1.54) is 7.05 Å². The molecule has 0 aliphatic heterocycles. The summed E-state index contributed by atoms with van der Waals surface area (Å²) in [5.41, 5.74) is 0. The molecule has 0 heterocycles. The molecule has 0 bridgehead atoms. The van der Waals surface area contributed by atoms with Gasteiger partial charge in [-0.05, 0) is 5.92 Å². The smallest absolute Gasteiger partial charge is 0.344 e. The minimum atomic E-state index is -4.21. The van der Waals surface area contributed by atoms with E-state index in [-0.39, 0.29) is 18.4 Å². The number of carbonyl (C=O) groups excluding carboxylic acids is 1. The molecule has 1 atom stereocenters. The summed E-state index contributed by atoms with van der Waals surface area (Å²) in [5.74, 6) is -0.250. The normalized spacial score (nSPS) is 14.1. The molecule has 15 heavy (non-hydrogen) atoms. The van der Waals surface area contributed by atoms with E-state index < -0.39 is 17.4 Å². The van der Waals surface area contributed by atoms with Gasteiger partial charge in [0, 0.05) is 13.6 Å². The van der Waals surface area contributed by atoms with E-state index in [9.17, 15) is 18.0 Å². The predicted octanol–water partition coefficient (Wildman–Crippen LogP) is 2.82. The SMILES string of the molecule is CC(C)C(Br)C(=O)N(C)CCC(F)(F)F. The Labute approximate surface area is 95.9 Å². The Balaban J connectivity index is 4.11. The molecule has 1 amide bonds. The second kappa shape index (κ2) is 5.72. The van der Waals surface area contributed by atoms with Crippen molar-refractivity contribution in [2.24, 2.45) is 5.92 Å². The molecule has 0 N–H and O–H groups in total. The molecule has 0 aliphatic carbocycles. The maximum atomic E-state index is 11.9. The molecule has 0 saturated heterocycles. The summed E-state index contributed by atoms with van der Waals surface area (Å²) in [4.78, 5) is 12.2. The monoisotopic (exact) mass is 289 g/mol. The molecule has 0 fully saturated rings. The zero-order valence-electron chi connectivity index (χ0n) is 8.94. The Kier molecular flexibility index (Phi) is 5.62. The van der Waals surface area contributed by atoms with Gasteiger partial charge in [0.05, 0.1) is 11.2 Å². The van der Waals surface area contributed by atoms with E-state index in [0.29, 0.717) is 0 Å². The number of hydrogen-bond donors (Lipinski definition) is 0. The van der Waals surface area contributed by atoms with Crippen molar-refractivity contribution in [1.82, 2.24) is 4.90 Å². The first-order valence-electron chi connectivity index (χ1n) is 4.61. The van der Waals surface area contributed by atoms with E-state index in [0.717, 1.165) is 4.90 Å². The number of rotatable bonds is 4. The van der Waals surface area contributed by atoms with Gasteiger partial charge in [0.25, 0.3) is 0 Å². The van der Waals surface area contributed by atoms with Crippen LogP contribution in [0.4, 0.5) is 13.2 Å². The Morgan fingerprint density at radius 3 is 2.20 bits per heavy atom. The van der Waals surface area contributed by atoms with Gasteiger partial charge >= 0.3 is 6.18 Å². The lowest BCUT2D eigenvalue weighted by molar-refractivity contribution is -0.144. The first-order chi connectivity index (χ1) is 6.65. The van der Waals surface area contributed by atoms with Crippen molar-refractivity contribution < 1.29 is 18.0 Å². The Morgan fingerprint density at radius 2 is 1.87 bits per heavy atom. The Hall–Kier alpha value is -0.260. The van der Waals surface area contributed by atoms with Gasteiger partial charge < -0.3 is 4.90 Å². The first kappa shape index (κ1) is 14.7. The third-order valence-electron chi connectivity index (χ3n) is 1.93. The number of amides is 1. The third-order valence-corrected chi connectivity index (χ3v) is 3.38. The highest BCUT2D eigenvalue weighted by atomic mass is 79.9. The van der Waals surface area contributed by atoms with Crippen LogP contribution in [0.25, 0.3) is 0 Å². The highest BCUT2D eigenvalue weighted by Crippen LogP contribution is 2.20. The van der Waals surface area contributed by atoms with Crippen LogP contribution in [0.15, 0.2) is 0 Å². The van der Waals surface area contributed by atoms with Crippen molar-refractivity contribution in [2.45, 2.75) is 31.3 Å². The standard InChI is InChI=1S/C9H15BrF3NO/c1-6(2)7(10)8(15)14(3)5-4-9(11,12)13/h6-7H,4-5H2,1-3H3. The molecule has 0 saturated carbocycles. The fraction of sp³-hybridized carbons (Fsp3) is 0.889. The summed E-state index contributed by atoms with van der Waals surface area (Å²) in [6.45, 7) is 3.36. The Bertz CT molecular complexity index is 218. The van der Waals surface area contributed by atoms with E-state index in [1.54, 1.807) is 0 Å². The van der Waals surface area contributed by atoms with E-state index in [4.69, 9.17) is 0 Å². The number of halogens is 4. The van der Waals surface area contributed by atoms with Gasteiger partial charge in [-0.2, -0.15) is 13.2 Å². The Morgan fingerprint density at radius 1 is 1.40 bits per heavy atom. The number of carbonyl (C=O) groups is 1. The van der Waals surface area contributed by atoms with Crippen LogP contribution in [0.1, 0.15) is 20.3 Å². The van der Waals surface area contributed by atoms with Crippen molar-refractivity contribution >= 4 is 21.8 Å². The number of nitrogens with zero attached hydrogens (tertiary/aromatic N) is 1. The van der Waals surface area contributed by atoms with Gasteiger partial charge in [-0.1, -0.05) is 29.8 Å². The van der Waals surface area contributed by atoms with E-state index in [2.05, 4.69) is 15.9 Å². The molecule has 1 unspecified atom stereocenters. The molecule has 0 spiro atoms. The van der Waals surface area contributed by atoms with Crippen LogP contribution in [-0.4, -0.2) is 35.4 Å². The van der Waals surface area contributed by atoms with Crippen molar-refractivity contribution in [2.75, 3.05) is 13.6 Å². The molecule has 0 aromatic heterocycles. The topological polar surface area (TPSA) is 20.3 Å². The van der Waals surface area contributed by atoms with Crippen LogP contribution in [-0.2, 0) is 4.79 Å². The number of hydrogen-bond acceptors (Lipinski definition) is 1. The van der Waals surface area contributed by atoms with E-state index in [1.807, 2.05) is 13.8 Å². The summed E-state index contributed by atoms with van der Waals surface area (Å²) in [6, 6.07) is 0. The fourth-order valence-electron chi connectivity index (χ4n) is 0.900. The predicted molar refractivity (Wildman–Crippen MR) is 55.9 cm³/mol. The lowest BCUT2D eigenvalue weighted by Gasteiger charge is -2.22. The molecule has 2 nitrogen and oxygen atoms in total. The minimum Gasteiger partial charge on any atom is -0.344 e. The molecule has 0 aromatic carbocycles. The molecule has 0 aromatic rings. The maximum Gasteiger partial charge on any atom is 0.390 e. The second-order valence-electron chi connectivity index (χ2n) is 3.77.